The van der Waals surface area contributed by atoms with Crippen LogP contribution >= 0.6 is 0 Å². The first-order chi connectivity index (χ1) is 9.74. The van der Waals surface area contributed by atoms with Crippen LogP contribution in [-0.4, -0.2) is 45.1 Å². The third-order valence-electron chi connectivity index (χ3n) is 4.01. The van der Waals surface area contributed by atoms with Gasteiger partial charge in [0.2, 0.25) is 0 Å². The molecule has 108 valence electrons. The molecule has 0 aromatic carbocycles. The van der Waals surface area contributed by atoms with E-state index >= 15 is 0 Å². The molecule has 3 heterocycles. The minimum atomic E-state index is 0.383. The molecule has 2 aromatic rings. The molecule has 5 nitrogen and oxygen atoms in total. The number of piperidine rings is 1. The SMILES string of the molecule is CC(CN1CCCCC1)Nc1nccc2c1ncn2C. The Morgan fingerprint density at radius 2 is 2.05 bits per heavy atom. The fraction of sp³-hybridized carbons (Fsp3) is 0.600. The molecule has 0 saturated carbocycles. The molecule has 5 heteroatoms. The van der Waals surface area contributed by atoms with Gasteiger partial charge in [-0.2, -0.15) is 0 Å². The predicted molar refractivity (Wildman–Crippen MR) is 81.9 cm³/mol. The fourth-order valence-corrected chi connectivity index (χ4v) is 2.98. The summed E-state index contributed by atoms with van der Waals surface area (Å²) in [5, 5.41) is 3.52. The Morgan fingerprint density at radius 1 is 1.25 bits per heavy atom. The van der Waals surface area contributed by atoms with Gasteiger partial charge in [-0.3, -0.25) is 0 Å². The summed E-state index contributed by atoms with van der Waals surface area (Å²) in [5.41, 5.74) is 2.08. The molecule has 1 aliphatic heterocycles. The van der Waals surface area contributed by atoms with E-state index in [1.807, 2.05) is 30.2 Å². The minimum Gasteiger partial charge on any atom is -0.364 e. The largest absolute Gasteiger partial charge is 0.364 e. The average Bonchev–Trinajstić information content (AvgIpc) is 2.83. The molecule has 1 saturated heterocycles. The lowest BCUT2D eigenvalue weighted by atomic mass is 10.1. The molecule has 0 aliphatic carbocycles. The van der Waals surface area contributed by atoms with Crippen LogP contribution in [0.5, 0.6) is 0 Å². The van der Waals surface area contributed by atoms with E-state index < -0.39 is 0 Å². The van der Waals surface area contributed by atoms with Crippen LogP contribution in [0.4, 0.5) is 5.82 Å². The molecule has 2 aromatic heterocycles. The van der Waals surface area contributed by atoms with Crippen LogP contribution in [-0.2, 0) is 7.05 Å². The van der Waals surface area contributed by atoms with Crippen molar-refractivity contribution in [3.8, 4) is 0 Å². The van der Waals surface area contributed by atoms with Crippen molar-refractivity contribution in [1.29, 1.82) is 0 Å². The van der Waals surface area contributed by atoms with Gasteiger partial charge in [-0.05, 0) is 38.9 Å². The Hall–Kier alpha value is -1.62. The minimum absolute atomic E-state index is 0.383. The molecule has 0 bridgehead atoms. The van der Waals surface area contributed by atoms with Gasteiger partial charge in [0.25, 0.3) is 0 Å². The predicted octanol–water partition coefficient (Wildman–Crippen LogP) is 2.25. The number of imidazole rings is 1. The molecule has 1 unspecified atom stereocenters. The molecule has 0 spiro atoms. The normalized spacial score (nSPS) is 18.3. The summed E-state index contributed by atoms with van der Waals surface area (Å²) >= 11 is 0. The standard InChI is InChI=1S/C15H23N5/c1-12(10-20-8-4-3-5-9-20)18-15-14-13(6-7-16-15)19(2)11-17-14/h6-7,11-12H,3-5,8-10H2,1-2H3,(H,16,18). The summed E-state index contributed by atoms with van der Waals surface area (Å²) in [6.45, 7) is 5.75. The Balaban J connectivity index is 1.69. The van der Waals surface area contributed by atoms with Gasteiger partial charge >= 0.3 is 0 Å². The van der Waals surface area contributed by atoms with Crippen molar-refractivity contribution >= 4 is 16.9 Å². The van der Waals surface area contributed by atoms with Crippen LogP contribution in [0, 0.1) is 0 Å². The van der Waals surface area contributed by atoms with Gasteiger partial charge in [0.1, 0.15) is 5.52 Å². The Morgan fingerprint density at radius 3 is 2.85 bits per heavy atom. The van der Waals surface area contributed by atoms with Gasteiger partial charge in [-0.1, -0.05) is 6.42 Å². The number of nitrogens with one attached hydrogen (secondary N) is 1. The number of likely N-dealkylation sites (tertiary alicyclic amines) is 1. The number of rotatable bonds is 4. The molecule has 1 atom stereocenters. The highest BCUT2D eigenvalue weighted by atomic mass is 15.2. The van der Waals surface area contributed by atoms with Gasteiger partial charge in [-0.15, -0.1) is 0 Å². The van der Waals surface area contributed by atoms with E-state index in [1.54, 1.807) is 0 Å². The number of pyridine rings is 1. The Bertz CT molecular complexity index is 571. The lowest BCUT2D eigenvalue weighted by Crippen LogP contribution is -2.38. The van der Waals surface area contributed by atoms with E-state index in [9.17, 15) is 0 Å². The number of aryl methyl sites for hydroxylation is 1. The highest BCUT2D eigenvalue weighted by molar-refractivity contribution is 5.85. The summed E-state index contributed by atoms with van der Waals surface area (Å²) < 4.78 is 2.03. The third kappa shape index (κ3) is 2.77. The zero-order chi connectivity index (χ0) is 13.9. The highest BCUT2D eigenvalue weighted by Crippen LogP contribution is 2.19. The molecule has 0 amide bonds. The smallest absolute Gasteiger partial charge is 0.154 e. The molecule has 1 fully saturated rings. The zero-order valence-electron chi connectivity index (χ0n) is 12.3. The van der Waals surface area contributed by atoms with Crippen LogP contribution in [0.2, 0.25) is 0 Å². The zero-order valence-corrected chi connectivity index (χ0v) is 12.3. The molecule has 0 radical (unpaired) electrons. The van der Waals surface area contributed by atoms with Crippen molar-refractivity contribution < 1.29 is 0 Å². The second-order valence-electron chi connectivity index (χ2n) is 5.79. The van der Waals surface area contributed by atoms with E-state index in [1.165, 1.54) is 32.4 Å². The first kappa shape index (κ1) is 13.4. The highest BCUT2D eigenvalue weighted by Gasteiger charge is 2.15. The Labute approximate surface area is 120 Å². The van der Waals surface area contributed by atoms with Crippen molar-refractivity contribution in [3.05, 3.63) is 18.6 Å². The number of fused-ring (bicyclic) bond motifs is 1. The summed E-state index contributed by atoms with van der Waals surface area (Å²) in [4.78, 5) is 11.4. The van der Waals surface area contributed by atoms with Crippen LogP contribution < -0.4 is 5.32 Å². The molecule has 1 aliphatic rings. The molecular weight excluding hydrogens is 250 g/mol. The van der Waals surface area contributed by atoms with Gasteiger partial charge in [0.05, 0.1) is 11.8 Å². The van der Waals surface area contributed by atoms with E-state index in [4.69, 9.17) is 0 Å². The van der Waals surface area contributed by atoms with Crippen LogP contribution in [0.3, 0.4) is 0 Å². The van der Waals surface area contributed by atoms with Gasteiger partial charge in [0.15, 0.2) is 5.82 Å². The maximum absolute atomic E-state index is 4.45. The topological polar surface area (TPSA) is 46.0 Å². The van der Waals surface area contributed by atoms with E-state index in [0.717, 1.165) is 23.4 Å². The first-order valence-electron chi connectivity index (χ1n) is 7.49. The van der Waals surface area contributed by atoms with Crippen molar-refractivity contribution in [2.75, 3.05) is 25.0 Å². The van der Waals surface area contributed by atoms with E-state index in [0.29, 0.717) is 6.04 Å². The van der Waals surface area contributed by atoms with E-state index in [-0.39, 0.29) is 0 Å². The van der Waals surface area contributed by atoms with Crippen LogP contribution in [0.25, 0.3) is 11.0 Å². The number of hydrogen-bond acceptors (Lipinski definition) is 4. The lowest BCUT2D eigenvalue weighted by Gasteiger charge is -2.29. The van der Waals surface area contributed by atoms with Crippen molar-refractivity contribution in [2.24, 2.45) is 7.05 Å². The fourth-order valence-electron chi connectivity index (χ4n) is 2.98. The number of nitrogens with zero attached hydrogens (tertiary/aromatic N) is 4. The monoisotopic (exact) mass is 273 g/mol. The summed E-state index contributed by atoms with van der Waals surface area (Å²) in [6.07, 6.45) is 7.74. The van der Waals surface area contributed by atoms with Crippen molar-refractivity contribution in [3.63, 3.8) is 0 Å². The Kier molecular flexibility index (Phi) is 3.87. The van der Waals surface area contributed by atoms with Crippen molar-refractivity contribution in [1.82, 2.24) is 19.4 Å². The van der Waals surface area contributed by atoms with Crippen LogP contribution in [0.15, 0.2) is 18.6 Å². The molecular formula is C15H23N5. The molecule has 20 heavy (non-hydrogen) atoms. The van der Waals surface area contributed by atoms with Gasteiger partial charge in [-0.25, -0.2) is 9.97 Å². The second kappa shape index (κ2) is 5.79. The summed E-state index contributed by atoms with van der Waals surface area (Å²) in [7, 11) is 2.01. The second-order valence-corrected chi connectivity index (χ2v) is 5.79. The maximum atomic E-state index is 4.45. The molecule has 3 rings (SSSR count). The summed E-state index contributed by atoms with van der Waals surface area (Å²) in [6, 6.07) is 2.39. The van der Waals surface area contributed by atoms with Gasteiger partial charge in [0, 0.05) is 25.8 Å². The summed E-state index contributed by atoms with van der Waals surface area (Å²) in [5.74, 6) is 0.896. The van der Waals surface area contributed by atoms with E-state index in [2.05, 4.69) is 27.1 Å². The number of aromatic nitrogens is 3. The number of anilines is 1. The maximum Gasteiger partial charge on any atom is 0.154 e. The lowest BCUT2D eigenvalue weighted by molar-refractivity contribution is 0.223. The average molecular weight is 273 g/mol. The molecule has 1 N–H and O–H groups in total. The third-order valence-corrected chi connectivity index (χ3v) is 4.01. The van der Waals surface area contributed by atoms with Crippen LogP contribution in [0.1, 0.15) is 26.2 Å². The number of hydrogen-bond donors (Lipinski definition) is 1. The quantitative estimate of drug-likeness (QED) is 0.928. The van der Waals surface area contributed by atoms with Gasteiger partial charge < -0.3 is 14.8 Å². The van der Waals surface area contributed by atoms with Crippen molar-refractivity contribution in [2.45, 2.75) is 32.2 Å². The first-order valence-corrected chi connectivity index (χ1v) is 7.49.